The molecule has 1 aromatic carbocycles. The monoisotopic (exact) mass is 286 g/mol. The van der Waals surface area contributed by atoms with E-state index in [2.05, 4.69) is 25.1 Å². The second-order valence-electron chi connectivity index (χ2n) is 5.04. The summed E-state index contributed by atoms with van der Waals surface area (Å²) in [6.07, 6.45) is 3.61. The number of fused-ring (bicyclic) bond motifs is 2. The van der Waals surface area contributed by atoms with Crippen molar-refractivity contribution >= 4 is 37.9 Å². The van der Waals surface area contributed by atoms with Crippen LogP contribution in [0.4, 0.5) is 5.00 Å². The number of nitrogen functional groups attached to an aromatic ring is 1. The second-order valence-corrected chi connectivity index (χ2v) is 7.20. The minimum atomic E-state index is 0.946. The van der Waals surface area contributed by atoms with Crippen molar-refractivity contribution in [2.24, 2.45) is 0 Å². The standard InChI is InChI=1S/C15H14N2S2/c1-8-4-2-7-11-13(8)17-15(19-11)12-9-5-3-6-10(9)18-14(12)16/h2,4,7H,3,5-6,16H2,1H3. The van der Waals surface area contributed by atoms with E-state index in [1.165, 1.54) is 39.1 Å². The van der Waals surface area contributed by atoms with E-state index in [-0.39, 0.29) is 0 Å². The van der Waals surface area contributed by atoms with Crippen molar-refractivity contribution in [3.05, 3.63) is 34.2 Å². The average Bonchev–Trinajstić information content (AvgIpc) is 3.02. The Morgan fingerprint density at radius 2 is 2.11 bits per heavy atom. The van der Waals surface area contributed by atoms with E-state index in [0.717, 1.165) is 21.9 Å². The minimum Gasteiger partial charge on any atom is -0.390 e. The fourth-order valence-electron chi connectivity index (χ4n) is 2.85. The number of aryl methyl sites for hydroxylation is 2. The number of benzene rings is 1. The van der Waals surface area contributed by atoms with Gasteiger partial charge in [0.05, 0.1) is 15.2 Å². The summed E-state index contributed by atoms with van der Waals surface area (Å²) >= 11 is 3.52. The van der Waals surface area contributed by atoms with Gasteiger partial charge in [-0.05, 0) is 43.4 Å². The molecule has 0 atom stereocenters. The molecule has 0 saturated carbocycles. The quantitative estimate of drug-likeness (QED) is 0.720. The van der Waals surface area contributed by atoms with Gasteiger partial charge in [-0.3, -0.25) is 0 Å². The zero-order valence-corrected chi connectivity index (χ0v) is 12.3. The summed E-state index contributed by atoms with van der Waals surface area (Å²) in [6, 6.07) is 6.36. The summed E-state index contributed by atoms with van der Waals surface area (Å²) in [7, 11) is 0. The van der Waals surface area contributed by atoms with Crippen LogP contribution in [0, 0.1) is 6.92 Å². The van der Waals surface area contributed by atoms with Crippen LogP contribution in [0.1, 0.15) is 22.4 Å². The highest BCUT2D eigenvalue weighted by molar-refractivity contribution is 7.22. The first-order valence-corrected chi connectivity index (χ1v) is 8.14. The van der Waals surface area contributed by atoms with Crippen LogP contribution in [-0.4, -0.2) is 4.98 Å². The van der Waals surface area contributed by atoms with Gasteiger partial charge in [-0.2, -0.15) is 0 Å². The number of nitrogens with two attached hydrogens (primary N) is 1. The van der Waals surface area contributed by atoms with Crippen molar-refractivity contribution in [2.45, 2.75) is 26.2 Å². The van der Waals surface area contributed by atoms with Crippen molar-refractivity contribution in [1.82, 2.24) is 4.98 Å². The van der Waals surface area contributed by atoms with Crippen molar-refractivity contribution in [2.75, 3.05) is 5.73 Å². The molecule has 0 spiro atoms. The van der Waals surface area contributed by atoms with Crippen molar-refractivity contribution < 1.29 is 0 Å². The van der Waals surface area contributed by atoms with Gasteiger partial charge >= 0.3 is 0 Å². The van der Waals surface area contributed by atoms with Gasteiger partial charge in [0.15, 0.2) is 0 Å². The second kappa shape index (κ2) is 4.05. The maximum atomic E-state index is 6.23. The van der Waals surface area contributed by atoms with Gasteiger partial charge in [-0.25, -0.2) is 4.98 Å². The lowest BCUT2D eigenvalue weighted by Crippen LogP contribution is -1.87. The molecular formula is C15H14N2S2. The van der Waals surface area contributed by atoms with Gasteiger partial charge in [0.2, 0.25) is 0 Å². The Kier molecular flexibility index (Phi) is 2.44. The van der Waals surface area contributed by atoms with Gasteiger partial charge in [0, 0.05) is 10.4 Å². The van der Waals surface area contributed by atoms with Crippen LogP contribution in [0.2, 0.25) is 0 Å². The summed E-state index contributed by atoms with van der Waals surface area (Å²) in [6.45, 7) is 2.12. The number of aromatic nitrogens is 1. The molecular weight excluding hydrogens is 272 g/mol. The largest absolute Gasteiger partial charge is 0.390 e. The number of thiazole rings is 1. The van der Waals surface area contributed by atoms with Crippen molar-refractivity contribution in [3.8, 4) is 10.6 Å². The summed E-state index contributed by atoms with van der Waals surface area (Å²) in [5.74, 6) is 0. The first-order valence-electron chi connectivity index (χ1n) is 6.50. The third-order valence-corrected chi connectivity index (χ3v) is 5.94. The van der Waals surface area contributed by atoms with E-state index < -0.39 is 0 Å². The van der Waals surface area contributed by atoms with Crippen LogP contribution in [0.5, 0.6) is 0 Å². The highest BCUT2D eigenvalue weighted by Gasteiger charge is 2.24. The number of anilines is 1. The fourth-order valence-corrected chi connectivity index (χ4v) is 5.21. The van der Waals surface area contributed by atoms with Crippen LogP contribution in [0.3, 0.4) is 0 Å². The third kappa shape index (κ3) is 1.63. The first kappa shape index (κ1) is 11.4. The molecule has 4 rings (SSSR count). The Morgan fingerprint density at radius 1 is 1.21 bits per heavy atom. The zero-order valence-electron chi connectivity index (χ0n) is 10.7. The molecule has 2 aromatic heterocycles. The van der Waals surface area contributed by atoms with E-state index in [4.69, 9.17) is 10.7 Å². The molecule has 0 saturated heterocycles. The lowest BCUT2D eigenvalue weighted by Gasteiger charge is -1.98. The number of rotatable bonds is 1. The molecule has 1 aliphatic carbocycles. The predicted molar refractivity (Wildman–Crippen MR) is 84.1 cm³/mol. The topological polar surface area (TPSA) is 38.9 Å². The van der Waals surface area contributed by atoms with Gasteiger partial charge in [-0.1, -0.05) is 12.1 Å². The number of para-hydroxylation sites is 1. The van der Waals surface area contributed by atoms with Gasteiger partial charge in [0.25, 0.3) is 0 Å². The summed E-state index contributed by atoms with van der Waals surface area (Å²) in [5, 5.41) is 2.04. The highest BCUT2D eigenvalue weighted by Crippen LogP contribution is 2.45. The Hall–Kier alpha value is -1.39. The molecule has 0 fully saturated rings. The smallest absolute Gasteiger partial charge is 0.127 e. The number of hydrogen-bond acceptors (Lipinski definition) is 4. The molecule has 1 aliphatic rings. The molecule has 3 aromatic rings. The van der Waals surface area contributed by atoms with Crippen molar-refractivity contribution in [3.63, 3.8) is 0 Å². The lowest BCUT2D eigenvalue weighted by molar-refractivity contribution is 0.915. The molecule has 0 aliphatic heterocycles. The van der Waals surface area contributed by atoms with E-state index in [1.807, 2.05) is 0 Å². The summed E-state index contributed by atoms with van der Waals surface area (Å²) < 4.78 is 1.26. The van der Waals surface area contributed by atoms with Crippen LogP contribution < -0.4 is 5.73 Å². The molecule has 0 unspecified atom stereocenters. The molecule has 96 valence electrons. The fraction of sp³-hybridized carbons (Fsp3) is 0.267. The lowest BCUT2D eigenvalue weighted by atomic mass is 10.1. The Bertz CT molecular complexity index is 783. The molecule has 2 heterocycles. The van der Waals surface area contributed by atoms with Gasteiger partial charge in [-0.15, -0.1) is 22.7 Å². The van der Waals surface area contributed by atoms with Crippen LogP contribution in [0.25, 0.3) is 20.8 Å². The zero-order chi connectivity index (χ0) is 13.0. The molecule has 4 heteroatoms. The van der Waals surface area contributed by atoms with Crippen LogP contribution >= 0.6 is 22.7 Å². The van der Waals surface area contributed by atoms with Crippen LogP contribution in [-0.2, 0) is 12.8 Å². The molecule has 19 heavy (non-hydrogen) atoms. The van der Waals surface area contributed by atoms with Gasteiger partial charge in [0.1, 0.15) is 5.01 Å². The molecule has 0 bridgehead atoms. The Balaban J connectivity index is 1.98. The predicted octanol–water partition coefficient (Wildman–Crippen LogP) is 4.40. The van der Waals surface area contributed by atoms with E-state index in [1.54, 1.807) is 22.7 Å². The number of nitrogens with zero attached hydrogens (tertiary/aromatic N) is 1. The molecule has 0 radical (unpaired) electrons. The van der Waals surface area contributed by atoms with Crippen LogP contribution in [0.15, 0.2) is 18.2 Å². The maximum Gasteiger partial charge on any atom is 0.127 e. The van der Waals surface area contributed by atoms with Crippen molar-refractivity contribution in [1.29, 1.82) is 0 Å². The Morgan fingerprint density at radius 3 is 2.95 bits per heavy atom. The average molecular weight is 286 g/mol. The first-order chi connectivity index (χ1) is 9.24. The maximum absolute atomic E-state index is 6.23. The van der Waals surface area contributed by atoms with E-state index in [9.17, 15) is 0 Å². The van der Waals surface area contributed by atoms with Gasteiger partial charge < -0.3 is 5.73 Å². The highest BCUT2D eigenvalue weighted by atomic mass is 32.1. The SMILES string of the molecule is Cc1cccc2sc(-c3c(N)sc4c3CCC4)nc12. The Labute approximate surface area is 119 Å². The summed E-state index contributed by atoms with van der Waals surface area (Å²) in [5.41, 5.74) is 11.3. The van der Waals surface area contributed by atoms with E-state index >= 15 is 0 Å². The molecule has 2 N–H and O–H groups in total. The van der Waals surface area contributed by atoms with E-state index in [0.29, 0.717) is 0 Å². The number of thiophene rings is 1. The molecule has 2 nitrogen and oxygen atoms in total. The third-order valence-electron chi connectivity index (χ3n) is 3.78. The normalized spacial score (nSPS) is 14.2. The summed E-state index contributed by atoms with van der Waals surface area (Å²) in [4.78, 5) is 6.31. The number of hydrogen-bond donors (Lipinski definition) is 1. The minimum absolute atomic E-state index is 0.946. The molecule has 0 amide bonds.